The summed E-state index contributed by atoms with van der Waals surface area (Å²) < 4.78 is 12.9. The van der Waals surface area contributed by atoms with Gasteiger partial charge >= 0.3 is 0 Å². The molecule has 1 aromatic heterocycles. The number of hydrogen-bond donors (Lipinski definition) is 1. The van der Waals surface area contributed by atoms with Gasteiger partial charge in [0.05, 0.1) is 37.5 Å². The minimum absolute atomic E-state index is 0.00317. The van der Waals surface area contributed by atoms with Crippen molar-refractivity contribution < 1.29 is 19.4 Å². The van der Waals surface area contributed by atoms with E-state index in [4.69, 9.17) is 21.1 Å². The highest BCUT2D eigenvalue weighted by atomic mass is 35.5. The van der Waals surface area contributed by atoms with Crippen LogP contribution in [0.1, 0.15) is 17.0 Å². The molecule has 0 radical (unpaired) electrons. The highest BCUT2D eigenvalue weighted by Gasteiger charge is 2.24. The molecule has 0 fully saturated rings. The quantitative estimate of drug-likeness (QED) is 0.891. The van der Waals surface area contributed by atoms with Gasteiger partial charge in [-0.25, -0.2) is 0 Å². The Morgan fingerprint density at radius 3 is 2.72 bits per heavy atom. The number of ether oxygens (including phenoxy) is 2. The number of nitrogens with zero attached hydrogens (tertiary/aromatic N) is 3. The van der Waals surface area contributed by atoms with Crippen LogP contribution in [-0.2, 0) is 30.9 Å². The lowest BCUT2D eigenvalue weighted by Crippen LogP contribution is -2.39. The Morgan fingerprint density at radius 2 is 1.96 bits per heavy atom. The Kier molecular flexibility index (Phi) is 4.27. The molecule has 8 heteroatoms. The lowest BCUT2D eigenvalue weighted by Gasteiger charge is -2.28. The molecule has 2 aliphatic rings. The fourth-order valence-corrected chi connectivity index (χ4v) is 3.35. The number of fused-ring (bicyclic) bond motifs is 2. The van der Waals surface area contributed by atoms with Crippen molar-refractivity contribution in [3.63, 3.8) is 0 Å². The standard InChI is InChI=1S/C17H18ClN3O4/c18-14-8-16-15(24-3-4-25-16)5-11(14)6-17(23)20-1-2-21-13(9-20)7-12(10-22)19-21/h5,7-8,22H,1-4,6,9-10H2. The average Bonchev–Trinajstić information content (AvgIpc) is 3.04. The summed E-state index contributed by atoms with van der Waals surface area (Å²) in [6, 6.07) is 5.32. The van der Waals surface area contributed by atoms with Gasteiger partial charge in [-0.05, 0) is 17.7 Å². The van der Waals surface area contributed by atoms with Crippen LogP contribution in [-0.4, -0.2) is 45.5 Å². The smallest absolute Gasteiger partial charge is 0.227 e. The van der Waals surface area contributed by atoms with Gasteiger partial charge in [-0.2, -0.15) is 5.10 Å². The first-order valence-electron chi connectivity index (χ1n) is 8.16. The molecule has 25 heavy (non-hydrogen) atoms. The van der Waals surface area contributed by atoms with Crippen LogP contribution in [0, 0.1) is 0 Å². The second kappa shape index (κ2) is 6.57. The minimum atomic E-state index is -0.0965. The Labute approximate surface area is 149 Å². The minimum Gasteiger partial charge on any atom is -0.486 e. The predicted octanol–water partition coefficient (Wildman–Crippen LogP) is 1.38. The molecular formula is C17H18ClN3O4. The van der Waals surface area contributed by atoms with Crippen LogP contribution < -0.4 is 9.47 Å². The van der Waals surface area contributed by atoms with E-state index in [1.54, 1.807) is 17.0 Å². The highest BCUT2D eigenvalue weighted by Crippen LogP contribution is 2.35. The first-order valence-corrected chi connectivity index (χ1v) is 8.54. The molecule has 4 rings (SSSR count). The maximum atomic E-state index is 12.7. The number of benzene rings is 1. The van der Waals surface area contributed by atoms with Crippen LogP contribution >= 0.6 is 11.6 Å². The molecule has 1 aromatic carbocycles. The zero-order valence-electron chi connectivity index (χ0n) is 13.6. The SMILES string of the molecule is O=C(Cc1cc2c(cc1Cl)OCCO2)N1CCn2nc(CO)cc2C1. The molecule has 1 N–H and O–H groups in total. The van der Waals surface area contributed by atoms with Crippen molar-refractivity contribution in [2.75, 3.05) is 19.8 Å². The third-order valence-electron chi connectivity index (χ3n) is 4.42. The van der Waals surface area contributed by atoms with Crippen LogP contribution in [0.3, 0.4) is 0 Å². The summed E-state index contributed by atoms with van der Waals surface area (Å²) in [6.07, 6.45) is 0.205. The summed E-state index contributed by atoms with van der Waals surface area (Å²) in [6.45, 7) is 2.58. The number of aromatic nitrogens is 2. The predicted molar refractivity (Wildman–Crippen MR) is 89.7 cm³/mol. The first kappa shape index (κ1) is 16.2. The molecule has 0 atom stereocenters. The van der Waals surface area contributed by atoms with Crippen LogP contribution in [0.5, 0.6) is 11.5 Å². The van der Waals surface area contributed by atoms with E-state index >= 15 is 0 Å². The highest BCUT2D eigenvalue weighted by molar-refractivity contribution is 6.31. The maximum absolute atomic E-state index is 12.7. The van der Waals surface area contributed by atoms with Crippen molar-refractivity contribution in [2.24, 2.45) is 0 Å². The molecule has 7 nitrogen and oxygen atoms in total. The van der Waals surface area contributed by atoms with Crippen molar-refractivity contribution in [2.45, 2.75) is 26.1 Å². The maximum Gasteiger partial charge on any atom is 0.227 e. The molecule has 1 amide bonds. The molecule has 0 saturated heterocycles. The van der Waals surface area contributed by atoms with Crippen LogP contribution in [0.25, 0.3) is 0 Å². The average molecular weight is 364 g/mol. The summed E-state index contributed by atoms with van der Waals surface area (Å²) in [7, 11) is 0. The molecular weight excluding hydrogens is 346 g/mol. The Balaban J connectivity index is 1.49. The molecule has 0 aliphatic carbocycles. The third-order valence-corrected chi connectivity index (χ3v) is 4.77. The van der Waals surface area contributed by atoms with Crippen LogP contribution in [0.2, 0.25) is 5.02 Å². The zero-order valence-corrected chi connectivity index (χ0v) is 14.3. The summed E-state index contributed by atoms with van der Waals surface area (Å²) in [5.74, 6) is 1.24. The number of carbonyl (C=O) groups is 1. The van der Waals surface area contributed by atoms with Crippen LogP contribution in [0.4, 0.5) is 0 Å². The van der Waals surface area contributed by atoms with Gasteiger partial charge in [0.15, 0.2) is 11.5 Å². The van der Waals surface area contributed by atoms with Crippen molar-refractivity contribution in [3.8, 4) is 11.5 Å². The summed E-state index contributed by atoms with van der Waals surface area (Å²) >= 11 is 6.30. The Hall–Kier alpha value is -2.25. The zero-order chi connectivity index (χ0) is 17.4. The molecule has 132 valence electrons. The van der Waals surface area contributed by atoms with E-state index in [2.05, 4.69) is 5.10 Å². The number of aliphatic hydroxyl groups is 1. The first-order chi connectivity index (χ1) is 12.1. The van der Waals surface area contributed by atoms with Gasteiger partial charge in [0, 0.05) is 17.6 Å². The van der Waals surface area contributed by atoms with Crippen molar-refractivity contribution in [1.29, 1.82) is 0 Å². The summed E-state index contributed by atoms with van der Waals surface area (Å²) in [5.41, 5.74) is 2.28. The molecule has 0 spiro atoms. The van der Waals surface area contributed by atoms with E-state index in [0.717, 1.165) is 11.3 Å². The number of hydrogen-bond acceptors (Lipinski definition) is 5. The topological polar surface area (TPSA) is 76.8 Å². The van der Waals surface area contributed by atoms with E-state index in [0.29, 0.717) is 55.1 Å². The molecule has 0 bridgehead atoms. The van der Waals surface area contributed by atoms with Crippen molar-refractivity contribution in [1.82, 2.24) is 14.7 Å². The summed E-state index contributed by atoms with van der Waals surface area (Å²) in [5, 5.41) is 14.0. The molecule has 3 heterocycles. The third kappa shape index (κ3) is 3.17. The van der Waals surface area contributed by atoms with Gasteiger partial charge in [0.2, 0.25) is 5.91 Å². The second-order valence-corrected chi connectivity index (χ2v) is 6.49. The molecule has 0 saturated carbocycles. The van der Waals surface area contributed by atoms with Gasteiger partial charge in [0.25, 0.3) is 0 Å². The number of halogens is 1. The molecule has 2 aromatic rings. The number of rotatable bonds is 3. The van der Waals surface area contributed by atoms with E-state index in [-0.39, 0.29) is 18.9 Å². The Bertz CT molecular complexity index is 820. The molecule has 0 unspecified atom stereocenters. The number of carbonyl (C=O) groups excluding carboxylic acids is 1. The van der Waals surface area contributed by atoms with E-state index in [1.807, 2.05) is 10.7 Å². The van der Waals surface area contributed by atoms with E-state index in [1.165, 1.54) is 0 Å². The normalized spacial score (nSPS) is 15.8. The van der Waals surface area contributed by atoms with Gasteiger partial charge in [-0.3, -0.25) is 9.48 Å². The van der Waals surface area contributed by atoms with Gasteiger partial charge < -0.3 is 19.5 Å². The Morgan fingerprint density at radius 1 is 1.20 bits per heavy atom. The van der Waals surface area contributed by atoms with Crippen molar-refractivity contribution in [3.05, 3.63) is 40.2 Å². The fraction of sp³-hybridized carbons (Fsp3) is 0.412. The van der Waals surface area contributed by atoms with E-state index in [9.17, 15) is 9.90 Å². The fourth-order valence-electron chi connectivity index (χ4n) is 3.13. The lowest BCUT2D eigenvalue weighted by molar-refractivity contribution is -0.132. The molecule has 2 aliphatic heterocycles. The largest absolute Gasteiger partial charge is 0.486 e. The number of aliphatic hydroxyl groups excluding tert-OH is 1. The number of amides is 1. The second-order valence-electron chi connectivity index (χ2n) is 6.09. The van der Waals surface area contributed by atoms with E-state index < -0.39 is 0 Å². The van der Waals surface area contributed by atoms with Gasteiger partial charge in [0.1, 0.15) is 13.2 Å². The lowest BCUT2D eigenvalue weighted by atomic mass is 10.1. The van der Waals surface area contributed by atoms with Gasteiger partial charge in [-0.1, -0.05) is 11.6 Å². The van der Waals surface area contributed by atoms with Crippen LogP contribution in [0.15, 0.2) is 18.2 Å². The van der Waals surface area contributed by atoms with Gasteiger partial charge in [-0.15, -0.1) is 0 Å². The van der Waals surface area contributed by atoms with Crippen molar-refractivity contribution >= 4 is 17.5 Å². The monoisotopic (exact) mass is 363 g/mol. The summed E-state index contributed by atoms with van der Waals surface area (Å²) in [4.78, 5) is 14.5.